The van der Waals surface area contributed by atoms with Crippen molar-refractivity contribution in [1.29, 1.82) is 0 Å². The van der Waals surface area contributed by atoms with Crippen LogP contribution in [0.25, 0.3) is 0 Å². The summed E-state index contributed by atoms with van der Waals surface area (Å²) in [6.07, 6.45) is 1.01. The van der Waals surface area contributed by atoms with E-state index in [0.29, 0.717) is 24.6 Å². The van der Waals surface area contributed by atoms with Gasteiger partial charge in [-0.25, -0.2) is 0 Å². The molecule has 2 aromatic rings. The predicted molar refractivity (Wildman–Crippen MR) is 102 cm³/mol. The predicted octanol–water partition coefficient (Wildman–Crippen LogP) is 3.13. The molecule has 0 aliphatic heterocycles. The maximum Gasteiger partial charge on any atom is 0.258 e. The average molecular weight is 354 g/mol. The first kappa shape index (κ1) is 19.5. The lowest BCUT2D eigenvalue weighted by atomic mass is 9.98. The molecule has 1 unspecified atom stereocenters. The van der Waals surface area contributed by atoms with Gasteiger partial charge in [-0.05, 0) is 36.1 Å². The van der Waals surface area contributed by atoms with E-state index in [-0.39, 0.29) is 18.4 Å². The van der Waals surface area contributed by atoms with Crippen molar-refractivity contribution in [3.05, 3.63) is 65.7 Å². The van der Waals surface area contributed by atoms with Gasteiger partial charge in [0, 0.05) is 18.7 Å². The standard InChI is InChI=1S/C21H26N2O3/c1-3-16(2)18-11-7-8-12-19(18)26-15-20(24)22-13-14-23-21(25)17-9-5-4-6-10-17/h4-12,16H,3,13-15H2,1-2H3,(H,22,24)(H,23,25). The van der Waals surface area contributed by atoms with E-state index in [1.807, 2.05) is 42.5 Å². The van der Waals surface area contributed by atoms with Crippen LogP contribution in [0.3, 0.4) is 0 Å². The van der Waals surface area contributed by atoms with Gasteiger partial charge in [-0.2, -0.15) is 0 Å². The highest BCUT2D eigenvalue weighted by molar-refractivity contribution is 5.94. The number of ether oxygens (including phenoxy) is 1. The number of benzene rings is 2. The summed E-state index contributed by atoms with van der Waals surface area (Å²) in [5.74, 6) is 0.758. The monoisotopic (exact) mass is 354 g/mol. The van der Waals surface area contributed by atoms with Crippen molar-refractivity contribution in [3.63, 3.8) is 0 Å². The average Bonchev–Trinajstić information content (AvgIpc) is 2.69. The molecular formula is C21H26N2O3. The molecule has 0 heterocycles. The van der Waals surface area contributed by atoms with Crippen LogP contribution in [0.1, 0.15) is 42.1 Å². The second-order valence-corrected chi connectivity index (χ2v) is 6.11. The minimum absolute atomic E-state index is 0.0416. The number of hydrogen-bond donors (Lipinski definition) is 2. The number of nitrogens with one attached hydrogen (secondary N) is 2. The Morgan fingerprint density at radius 2 is 1.62 bits per heavy atom. The number of carbonyl (C=O) groups is 2. The molecule has 2 amide bonds. The third-order valence-electron chi connectivity index (χ3n) is 4.19. The maximum atomic E-state index is 11.9. The summed E-state index contributed by atoms with van der Waals surface area (Å²) in [6, 6.07) is 16.8. The lowest BCUT2D eigenvalue weighted by Gasteiger charge is -2.15. The van der Waals surface area contributed by atoms with Gasteiger partial charge in [-0.3, -0.25) is 9.59 Å². The number of para-hydroxylation sites is 1. The molecule has 5 nitrogen and oxygen atoms in total. The highest BCUT2D eigenvalue weighted by atomic mass is 16.5. The number of hydrogen-bond acceptors (Lipinski definition) is 3. The van der Waals surface area contributed by atoms with E-state index in [2.05, 4.69) is 24.5 Å². The fourth-order valence-corrected chi connectivity index (χ4v) is 2.50. The highest BCUT2D eigenvalue weighted by Gasteiger charge is 2.11. The Bertz CT molecular complexity index is 716. The summed E-state index contributed by atoms with van der Waals surface area (Å²) in [6.45, 7) is 4.94. The van der Waals surface area contributed by atoms with Gasteiger partial charge in [0.25, 0.3) is 11.8 Å². The Balaban J connectivity index is 1.71. The molecule has 0 fully saturated rings. The van der Waals surface area contributed by atoms with Crippen LogP contribution < -0.4 is 15.4 Å². The summed E-state index contributed by atoms with van der Waals surface area (Å²) < 4.78 is 5.67. The third kappa shape index (κ3) is 5.92. The van der Waals surface area contributed by atoms with Gasteiger partial charge in [0.1, 0.15) is 5.75 Å². The van der Waals surface area contributed by atoms with Crippen molar-refractivity contribution in [3.8, 4) is 5.75 Å². The van der Waals surface area contributed by atoms with Gasteiger partial charge in [0.05, 0.1) is 0 Å². The second kappa shape index (κ2) is 10.2. The molecule has 0 aliphatic carbocycles. The zero-order valence-electron chi connectivity index (χ0n) is 15.3. The van der Waals surface area contributed by atoms with E-state index in [4.69, 9.17) is 4.74 Å². The van der Waals surface area contributed by atoms with Crippen molar-refractivity contribution in [2.24, 2.45) is 0 Å². The first-order valence-electron chi connectivity index (χ1n) is 8.93. The molecule has 1 atom stereocenters. The molecule has 5 heteroatoms. The Morgan fingerprint density at radius 1 is 0.962 bits per heavy atom. The summed E-state index contributed by atoms with van der Waals surface area (Å²) in [4.78, 5) is 23.8. The normalized spacial score (nSPS) is 11.5. The van der Waals surface area contributed by atoms with E-state index in [0.717, 1.165) is 17.7 Å². The van der Waals surface area contributed by atoms with Crippen LogP contribution in [0.4, 0.5) is 0 Å². The largest absolute Gasteiger partial charge is 0.483 e. The van der Waals surface area contributed by atoms with Crippen LogP contribution in [0.15, 0.2) is 54.6 Å². The fraction of sp³-hybridized carbons (Fsp3) is 0.333. The molecule has 0 saturated carbocycles. The lowest BCUT2D eigenvalue weighted by molar-refractivity contribution is -0.123. The lowest BCUT2D eigenvalue weighted by Crippen LogP contribution is -2.36. The van der Waals surface area contributed by atoms with Crippen LogP contribution in [-0.2, 0) is 4.79 Å². The molecule has 2 rings (SSSR count). The fourth-order valence-electron chi connectivity index (χ4n) is 2.50. The molecule has 0 radical (unpaired) electrons. The number of amides is 2. The van der Waals surface area contributed by atoms with Gasteiger partial charge in [0.2, 0.25) is 0 Å². The first-order chi connectivity index (χ1) is 12.6. The maximum absolute atomic E-state index is 11.9. The first-order valence-corrected chi connectivity index (χ1v) is 8.93. The minimum atomic E-state index is -0.210. The van der Waals surface area contributed by atoms with Gasteiger partial charge in [-0.15, -0.1) is 0 Å². The summed E-state index contributed by atoms with van der Waals surface area (Å²) >= 11 is 0. The summed E-state index contributed by atoms with van der Waals surface area (Å²) in [7, 11) is 0. The zero-order valence-corrected chi connectivity index (χ0v) is 15.3. The molecule has 26 heavy (non-hydrogen) atoms. The van der Waals surface area contributed by atoms with Crippen LogP contribution in [0, 0.1) is 0 Å². The van der Waals surface area contributed by atoms with Gasteiger partial charge in [-0.1, -0.05) is 50.2 Å². The van der Waals surface area contributed by atoms with E-state index < -0.39 is 0 Å². The zero-order chi connectivity index (χ0) is 18.8. The number of carbonyl (C=O) groups excluding carboxylic acids is 2. The van der Waals surface area contributed by atoms with Gasteiger partial charge in [0.15, 0.2) is 6.61 Å². The van der Waals surface area contributed by atoms with Crippen molar-refractivity contribution < 1.29 is 14.3 Å². The summed E-state index contributed by atoms with van der Waals surface area (Å²) in [5, 5.41) is 5.51. The Morgan fingerprint density at radius 3 is 2.35 bits per heavy atom. The molecule has 0 aliphatic rings. The van der Waals surface area contributed by atoms with Crippen LogP contribution in [0.2, 0.25) is 0 Å². The molecule has 138 valence electrons. The third-order valence-corrected chi connectivity index (χ3v) is 4.19. The van der Waals surface area contributed by atoms with E-state index in [9.17, 15) is 9.59 Å². The molecule has 0 spiro atoms. The topological polar surface area (TPSA) is 67.4 Å². The van der Waals surface area contributed by atoms with Gasteiger partial charge >= 0.3 is 0 Å². The van der Waals surface area contributed by atoms with E-state index in [1.165, 1.54) is 0 Å². The molecule has 2 aromatic carbocycles. The van der Waals surface area contributed by atoms with Crippen molar-refractivity contribution in [1.82, 2.24) is 10.6 Å². The van der Waals surface area contributed by atoms with Crippen LogP contribution in [0.5, 0.6) is 5.75 Å². The van der Waals surface area contributed by atoms with Crippen molar-refractivity contribution in [2.75, 3.05) is 19.7 Å². The van der Waals surface area contributed by atoms with Crippen molar-refractivity contribution >= 4 is 11.8 Å². The molecule has 0 bridgehead atoms. The van der Waals surface area contributed by atoms with Crippen molar-refractivity contribution in [2.45, 2.75) is 26.2 Å². The summed E-state index contributed by atoms with van der Waals surface area (Å²) in [5.41, 5.74) is 1.71. The Labute approximate surface area is 154 Å². The quantitative estimate of drug-likeness (QED) is 0.680. The highest BCUT2D eigenvalue weighted by Crippen LogP contribution is 2.28. The van der Waals surface area contributed by atoms with Crippen LogP contribution in [-0.4, -0.2) is 31.5 Å². The van der Waals surface area contributed by atoms with Crippen LogP contribution >= 0.6 is 0 Å². The molecule has 0 saturated heterocycles. The smallest absolute Gasteiger partial charge is 0.258 e. The second-order valence-electron chi connectivity index (χ2n) is 6.11. The Hall–Kier alpha value is -2.82. The SMILES string of the molecule is CCC(C)c1ccccc1OCC(=O)NCCNC(=O)c1ccccc1. The minimum Gasteiger partial charge on any atom is -0.483 e. The molecule has 0 aromatic heterocycles. The molecular weight excluding hydrogens is 328 g/mol. The number of rotatable bonds is 9. The van der Waals surface area contributed by atoms with E-state index in [1.54, 1.807) is 12.1 Å². The van der Waals surface area contributed by atoms with Gasteiger partial charge < -0.3 is 15.4 Å². The van der Waals surface area contributed by atoms with E-state index >= 15 is 0 Å². The Kier molecular flexibility index (Phi) is 7.68. The molecule has 2 N–H and O–H groups in total.